The van der Waals surface area contributed by atoms with Crippen molar-refractivity contribution >= 4 is 11.8 Å². The second kappa shape index (κ2) is 8.04. The summed E-state index contributed by atoms with van der Waals surface area (Å²) in [6, 6.07) is 3.57. The Hall–Kier alpha value is -1.82. The van der Waals surface area contributed by atoms with Crippen LogP contribution in [0.4, 0.5) is 0 Å². The Bertz CT molecular complexity index is 586. The molecule has 1 aromatic rings. The molecule has 6 nitrogen and oxygen atoms in total. The molecule has 0 aromatic carbocycles. The highest BCUT2D eigenvalue weighted by Crippen LogP contribution is 2.30. The van der Waals surface area contributed by atoms with Gasteiger partial charge in [0.1, 0.15) is 11.9 Å². The monoisotopic (exact) mass is 348 g/mol. The molecule has 0 bridgehead atoms. The number of carbonyl (C=O) groups is 2. The summed E-state index contributed by atoms with van der Waals surface area (Å²) in [4.78, 5) is 28.7. The molecule has 3 atom stereocenters. The van der Waals surface area contributed by atoms with Crippen molar-refractivity contribution in [2.75, 3.05) is 19.6 Å². The van der Waals surface area contributed by atoms with Gasteiger partial charge in [0.25, 0.3) is 0 Å². The third-order valence-electron chi connectivity index (χ3n) is 5.45. The molecule has 2 saturated heterocycles. The van der Waals surface area contributed by atoms with E-state index in [1.807, 2.05) is 16.7 Å². The minimum atomic E-state index is -0.682. The zero-order chi connectivity index (χ0) is 17.8. The molecule has 6 heteroatoms. The van der Waals surface area contributed by atoms with Gasteiger partial charge in [-0.05, 0) is 37.8 Å². The molecule has 1 N–H and O–H groups in total. The van der Waals surface area contributed by atoms with Gasteiger partial charge in [-0.2, -0.15) is 0 Å². The van der Waals surface area contributed by atoms with Gasteiger partial charge in [-0.1, -0.05) is 6.92 Å². The molecule has 3 rings (SSSR count). The van der Waals surface area contributed by atoms with Crippen LogP contribution >= 0.6 is 0 Å². The van der Waals surface area contributed by atoms with Crippen LogP contribution in [0.2, 0.25) is 0 Å². The molecule has 0 spiro atoms. The van der Waals surface area contributed by atoms with Gasteiger partial charge in [-0.3, -0.25) is 9.59 Å². The molecule has 25 heavy (non-hydrogen) atoms. The van der Waals surface area contributed by atoms with Crippen LogP contribution in [0.1, 0.15) is 57.3 Å². The topological polar surface area (TPSA) is 74.0 Å². The summed E-state index contributed by atoms with van der Waals surface area (Å²) in [7, 11) is 0. The lowest BCUT2D eigenvalue weighted by molar-refractivity contribution is -0.141. The largest absolute Gasteiger partial charge is 0.467 e. The maximum absolute atomic E-state index is 13.0. The van der Waals surface area contributed by atoms with Crippen LogP contribution in [0.15, 0.2) is 22.8 Å². The number of aliphatic hydroxyl groups is 1. The van der Waals surface area contributed by atoms with E-state index in [4.69, 9.17) is 4.42 Å². The predicted molar refractivity (Wildman–Crippen MR) is 92.6 cm³/mol. The molecule has 2 amide bonds. The fourth-order valence-corrected chi connectivity index (χ4v) is 4.09. The van der Waals surface area contributed by atoms with E-state index in [1.165, 1.54) is 0 Å². The number of likely N-dealkylation sites (tertiary alicyclic amines) is 2. The molecule has 0 saturated carbocycles. The van der Waals surface area contributed by atoms with Crippen LogP contribution in [0.5, 0.6) is 0 Å². The highest BCUT2D eigenvalue weighted by Gasteiger charge is 2.36. The minimum Gasteiger partial charge on any atom is -0.467 e. The van der Waals surface area contributed by atoms with Crippen molar-refractivity contribution in [2.24, 2.45) is 5.92 Å². The van der Waals surface area contributed by atoms with E-state index >= 15 is 0 Å². The molecule has 0 radical (unpaired) electrons. The maximum atomic E-state index is 13.0. The molecule has 2 aliphatic heterocycles. The number of amides is 2. The van der Waals surface area contributed by atoms with Crippen molar-refractivity contribution in [2.45, 2.75) is 57.6 Å². The van der Waals surface area contributed by atoms with Crippen molar-refractivity contribution in [3.63, 3.8) is 0 Å². The summed E-state index contributed by atoms with van der Waals surface area (Å²) in [5.74, 6) is 0.716. The number of furan rings is 1. The van der Waals surface area contributed by atoms with Crippen molar-refractivity contribution in [3.05, 3.63) is 24.2 Å². The number of nitrogens with zero attached hydrogens (tertiary/aromatic N) is 2. The molecular weight excluding hydrogens is 320 g/mol. The SMILES string of the molecule is CCC(=O)N1CCCC(C(=O)N2CCCC2CC(O)c2ccco2)C1. The Kier molecular flexibility index (Phi) is 5.78. The van der Waals surface area contributed by atoms with Crippen LogP contribution < -0.4 is 0 Å². The number of hydrogen-bond donors (Lipinski definition) is 1. The van der Waals surface area contributed by atoms with Gasteiger partial charge in [-0.15, -0.1) is 0 Å². The minimum absolute atomic E-state index is 0.0462. The normalized spacial score (nSPS) is 25.2. The van der Waals surface area contributed by atoms with Gasteiger partial charge >= 0.3 is 0 Å². The van der Waals surface area contributed by atoms with E-state index < -0.39 is 6.10 Å². The highest BCUT2D eigenvalue weighted by atomic mass is 16.4. The third-order valence-corrected chi connectivity index (χ3v) is 5.45. The first-order valence-corrected chi connectivity index (χ1v) is 9.39. The number of rotatable bonds is 5. The van der Waals surface area contributed by atoms with Crippen molar-refractivity contribution < 1.29 is 19.1 Å². The maximum Gasteiger partial charge on any atom is 0.227 e. The second-order valence-electron chi connectivity index (χ2n) is 7.13. The van der Waals surface area contributed by atoms with E-state index in [-0.39, 0.29) is 23.8 Å². The van der Waals surface area contributed by atoms with E-state index in [0.29, 0.717) is 25.1 Å². The molecule has 138 valence electrons. The van der Waals surface area contributed by atoms with Crippen molar-refractivity contribution in [3.8, 4) is 0 Å². The fourth-order valence-electron chi connectivity index (χ4n) is 4.09. The van der Waals surface area contributed by atoms with Crippen molar-refractivity contribution in [1.29, 1.82) is 0 Å². The Morgan fingerprint density at radius 3 is 2.84 bits per heavy atom. The summed E-state index contributed by atoms with van der Waals surface area (Å²) in [6.07, 6.45) is 5.47. The number of carbonyl (C=O) groups excluding carboxylic acids is 2. The summed E-state index contributed by atoms with van der Waals surface area (Å²) in [5.41, 5.74) is 0. The number of aliphatic hydroxyl groups excluding tert-OH is 1. The van der Waals surface area contributed by atoms with E-state index in [0.717, 1.165) is 38.8 Å². The molecule has 1 aromatic heterocycles. The molecule has 0 aliphatic carbocycles. The number of piperidine rings is 1. The van der Waals surface area contributed by atoms with Crippen molar-refractivity contribution in [1.82, 2.24) is 9.80 Å². The first-order chi connectivity index (χ1) is 12.1. The third kappa shape index (κ3) is 4.06. The summed E-state index contributed by atoms with van der Waals surface area (Å²) in [6.45, 7) is 3.90. The Balaban J connectivity index is 1.61. The van der Waals surface area contributed by atoms with Crippen LogP contribution in [0.25, 0.3) is 0 Å². The van der Waals surface area contributed by atoms with Gasteiger partial charge in [0, 0.05) is 38.5 Å². The molecule has 3 heterocycles. The average Bonchev–Trinajstić information content (AvgIpc) is 3.32. The zero-order valence-electron chi connectivity index (χ0n) is 14.9. The van der Waals surface area contributed by atoms with Gasteiger partial charge in [0.15, 0.2) is 0 Å². The van der Waals surface area contributed by atoms with Gasteiger partial charge in [0.2, 0.25) is 11.8 Å². The highest BCUT2D eigenvalue weighted by molar-refractivity contribution is 5.81. The fraction of sp³-hybridized carbons (Fsp3) is 0.684. The second-order valence-corrected chi connectivity index (χ2v) is 7.13. The standard InChI is InChI=1S/C19H28N2O4/c1-2-18(23)20-9-3-6-14(13-20)19(24)21-10-4-7-15(21)12-16(22)17-8-5-11-25-17/h5,8,11,14-16,22H,2-4,6-7,9-10,12-13H2,1H3. The van der Waals surface area contributed by atoms with Gasteiger partial charge in [-0.25, -0.2) is 0 Å². The van der Waals surface area contributed by atoms with E-state index in [1.54, 1.807) is 18.4 Å². The molecule has 2 fully saturated rings. The van der Waals surface area contributed by atoms with Gasteiger partial charge < -0.3 is 19.3 Å². The first kappa shape index (κ1) is 18.0. The van der Waals surface area contributed by atoms with E-state index in [9.17, 15) is 14.7 Å². The van der Waals surface area contributed by atoms with Crippen LogP contribution in [-0.4, -0.2) is 52.4 Å². The lowest BCUT2D eigenvalue weighted by Gasteiger charge is -2.36. The Morgan fingerprint density at radius 2 is 2.12 bits per heavy atom. The molecule has 3 unspecified atom stereocenters. The molecule has 2 aliphatic rings. The smallest absolute Gasteiger partial charge is 0.227 e. The summed E-state index contributed by atoms with van der Waals surface area (Å²) >= 11 is 0. The van der Waals surface area contributed by atoms with E-state index in [2.05, 4.69) is 0 Å². The average molecular weight is 348 g/mol. The van der Waals surface area contributed by atoms with Crippen LogP contribution in [0, 0.1) is 5.92 Å². The first-order valence-electron chi connectivity index (χ1n) is 9.39. The predicted octanol–water partition coefficient (Wildman–Crippen LogP) is 2.34. The summed E-state index contributed by atoms with van der Waals surface area (Å²) < 4.78 is 5.27. The van der Waals surface area contributed by atoms with Crippen LogP contribution in [-0.2, 0) is 9.59 Å². The van der Waals surface area contributed by atoms with Gasteiger partial charge in [0.05, 0.1) is 12.2 Å². The molecular formula is C19H28N2O4. The lowest BCUT2D eigenvalue weighted by Crippen LogP contribution is -2.48. The lowest BCUT2D eigenvalue weighted by atomic mass is 9.95. The zero-order valence-corrected chi connectivity index (χ0v) is 14.9. The Morgan fingerprint density at radius 1 is 1.32 bits per heavy atom. The number of hydrogen-bond acceptors (Lipinski definition) is 4. The Labute approximate surface area is 148 Å². The summed E-state index contributed by atoms with van der Waals surface area (Å²) in [5, 5.41) is 10.3. The quantitative estimate of drug-likeness (QED) is 0.886. The van der Waals surface area contributed by atoms with Crippen LogP contribution in [0.3, 0.4) is 0 Å².